The van der Waals surface area contributed by atoms with E-state index in [0.29, 0.717) is 13.2 Å². The molecule has 0 spiro atoms. The Bertz CT molecular complexity index is 162. The number of carbonyl (C=O) groups excluding carboxylic acids is 1. The van der Waals surface area contributed by atoms with Gasteiger partial charge in [0.2, 0.25) is 5.91 Å². The number of rotatable bonds is 1. The lowest BCUT2D eigenvalue weighted by Crippen LogP contribution is -2.61. The van der Waals surface area contributed by atoms with Crippen molar-refractivity contribution < 1.29 is 9.53 Å². The van der Waals surface area contributed by atoms with Crippen LogP contribution in [0.3, 0.4) is 0 Å². The summed E-state index contributed by atoms with van der Waals surface area (Å²) in [7, 11) is 0. The fraction of sp³-hybridized carbons (Fsp3) is 0.857. The minimum Gasteiger partial charge on any atom is -0.375 e. The van der Waals surface area contributed by atoms with Crippen molar-refractivity contribution in [3.05, 3.63) is 0 Å². The summed E-state index contributed by atoms with van der Waals surface area (Å²) in [6.45, 7) is 4.75. The van der Waals surface area contributed by atoms with E-state index in [1.165, 1.54) is 0 Å². The van der Waals surface area contributed by atoms with Crippen molar-refractivity contribution in [2.45, 2.75) is 25.5 Å². The van der Waals surface area contributed by atoms with Gasteiger partial charge in [-0.2, -0.15) is 0 Å². The Balaban J connectivity index is 2.55. The summed E-state index contributed by atoms with van der Waals surface area (Å²) in [6.07, 6.45) is 0.169. The zero-order valence-corrected chi connectivity index (χ0v) is 6.89. The normalized spacial score (nSPS) is 38.5. The van der Waals surface area contributed by atoms with Crippen LogP contribution in [0.4, 0.5) is 0 Å². The molecule has 1 saturated heterocycles. The monoisotopic (exact) mass is 158 g/mol. The molecule has 4 heteroatoms. The van der Waals surface area contributed by atoms with Crippen LogP contribution in [0.1, 0.15) is 13.8 Å². The molecular weight excluding hydrogens is 144 g/mol. The third-order valence-electron chi connectivity index (χ3n) is 1.98. The van der Waals surface area contributed by atoms with Crippen LogP contribution in [-0.2, 0) is 9.53 Å². The molecule has 0 aromatic carbocycles. The second kappa shape index (κ2) is 2.79. The molecule has 11 heavy (non-hydrogen) atoms. The van der Waals surface area contributed by atoms with Gasteiger partial charge in [-0.3, -0.25) is 10.1 Å². The summed E-state index contributed by atoms with van der Waals surface area (Å²) >= 11 is 0. The van der Waals surface area contributed by atoms with Crippen LogP contribution in [0.15, 0.2) is 0 Å². The minimum atomic E-state index is -0.674. The fourth-order valence-electron chi connectivity index (χ4n) is 0.946. The molecule has 2 atom stereocenters. The van der Waals surface area contributed by atoms with Crippen LogP contribution in [0.5, 0.6) is 0 Å². The van der Waals surface area contributed by atoms with Gasteiger partial charge in [0, 0.05) is 6.54 Å². The number of nitrogens with two attached hydrogens (primary N) is 1. The number of primary amides is 1. The number of nitrogens with one attached hydrogen (secondary N) is 1. The van der Waals surface area contributed by atoms with Crippen LogP contribution in [0.25, 0.3) is 0 Å². The van der Waals surface area contributed by atoms with E-state index >= 15 is 0 Å². The quantitative estimate of drug-likeness (QED) is 0.527. The molecular formula is C7H14N2O2. The van der Waals surface area contributed by atoms with Crippen molar-refractivity contribution in [3.8, 4) is 0 Å². The molecule has 1 aliphatic heterocycles. The molecule has 0 aromatic heterocycles. The first kappa shape index (κ1) is 8.49. The van der Waals surface area contributed by atoms with E-state index in [1.807, 2.05) is 6.92 Å². The van der Waals surface area contributed by atoms with E-state index in [0.717, 1.165) is 0 Å². The van der Waals surface area contributed by atoms with E-state index in [9.17, 15) is 4.79 Å². The molecule has 1 heterocycles. The van der Waals surface area contributed by atoms with Crippen LogP contribution in [0.2, 0.25) is 0 Å². The lowest BCUT2D eigenvalue weighted by Gasteiger charge is -2.34. The molecule has 0 radical (unpaired) electrons. The van der Waals surface area contributed by atoms with Crippen LogP contribution >= 0.6 is 0 Å². The fourth-order valence-corrected chi connectivity index (χ4v) is 0.946. The van der Waals surface area contributed by atoms with Gasteiger partial charge < -0.3 is 10.5 Å². The first-order valence-corrected chi connectivity index (χ1v) is 3.71. The standard InChI is InChI=1S/C7H14N2O2/c1-5-3-9-7(2,4-11-5)6(8)10/h5,9H,3-4H2,1-2H3,(H2,8,10). The first-order chi connectivity index (χ1) is 5.04. The Morgan fingerprint density at radius 1 is 1.82 bits per heavy atom. The lowest BCUT2D eigenvalue weighted by atomic mass is 10.0. The highest BCUT2D eigenvalue weighted by molar-refractivity contribution is 5.84. The van der Waals surface area contributed by atoms with Gasteiger partial charge in [0.05, 0.1) is 12.7 Å². The molecule has 4 nitrogen and oxygen atoms in total. The Hall–Kier alpha value is -0.610. The van der Waals surface area contributed by atoms with E-state index in [2.05, 4.69) is 5.32 Å². The summed E-state index contributed by atoms with van der Waals surface area (Å²) in [5.74, 6) is -0.357. The largest absolute Gasteiger partial charge is 0.375 e. The smallest absolute Gasteiger partial charge is 0.239 e. The highest BCUT2D eigenvalue weighted by Crippen LogP contribution is 2.10. The van der Waals surface area contributed by atoms with Crippen LogP contribution in [0, 0.1) is 0 Å². The Morgan fingerprint density at radius 3 is 2.82 bits per heavy atom. The molecule has 1 fully saturated rings. The first-order valence-electron chi connectivity index (χ1n) is 3.71. The van der Waals surface area contributed by atoms with Gasteiger partial charge in [-0.25, -0.2) is 0 Å². The van der Waals surface area contributed by atoms with Crippen LogP contribution in [-0.4, -0.2) is 30.7 Å². The Kier molecular flexibility index (Phi) is 2.15. The SMILES string of the molecule is CC1CNC(C)(C(N)=O)CO1. The van der Waals surface area contributed by atoms with Crippen LogP contribution < -0.4 is 11.1 Å². The van der Waals surface area contributed by atoms with E-state index in [-0.39, 0.29) is 12.0 Å². The molecule has 1 aliphatic rings. The maximum atomic E-state index is 10.9. The third-order valence-corrected chi connectivity index (χ3v) is 1.98. The molecule has 64 valence electrons. The molecule has 0 saturated carbocycles. The molecule has 1 rings (SSSR count). The van der Waals surface area contributed by atoms with Crippen molar-refractivity contribution >= 4 is 5.91 Å². The van der Waals surface area contributed by atoms with Gasteiger partial charge in [0.15, 0.2) is 0 Å². The number of ether oxygens (including phenoxy) is 1. The second-order valence-corrected chi connectivity index (χ2v) is 3.20. The third kappa shape index (κ3) is 1.70. The summed E-state index contributed by atoms with van der Waals surface area (Å²) in [5.41, 5.74) is 4.49. The van der Waals surface area contributed by atoms with Gasteiger partial charge in [0.1, 0.15) is 5.54 Å². The van der Waals surface area contributed by atoms with E-state index < -0.39 is 5.54 Å². The molecule has 2 unspecified atom stereocenters. The van der Waals surface area contributed by atoms with Crippen molar-refractivity contribution in [1.29, 1.82) is 0 Å². The van der Waals surface area contributed by atoms with Gasteiger partial charge in [-0.05, 0) is 13.8 Å². The zero-order valence-electron chi connectivity index (χ0n) is 6.89. The summed E-state index contributed by atoms with van der Waals surface area (Å²) < 4.78 is 5.29. The average molecular weight is 158 g/mol. The number of hydrogen-bond donors (Lipinski definition) is 2. The number of amides is 1. The number of carbonyl (C=O) groups is 1. The van der Waals surface area contributed by atoms with Crippen molar-refractivity contribution in [1.82, 2.24) is 5.32 Å². The zero-order chi connectivity index (χ0) is 8.48. The molecule has 0 bridgehead atoms. The summed E-state index contributed by atoms with van der Waals surface area (Å²) in [6, 6.07) is 0. The predicted octanol–water partition coefficient (Wildman–Crippen LogP) is -0.761. The predicted molar refractivity (Wildman–Crippen MR) is 41.0 cm³/mol. The minimum absolute atomic E-state index is 0.169. The van der Waals surface area contributed by atoms with Gasteiger partial charge >= 0.3 is 0 Å². The summed E-state index contributed by atoms with van der Waals surface area (Å²) in [5, 5.41) is 3.05. The molecule has 0 aromatic rings. The Labute approximate surface area is 66.1 Å². The highest BCUT2D eigenvalue weighted by Gasteiger charge is 2.34. The van der Waals surface area contributed by atoms with Crippen molar-refractivity contribution in [2.75, 3.05) is 13.2 Å². The topological polar surface area (TPSA) is 64.3 Å². The highest BCUT2D eigenvalue weighted by atomic mass is 16.5. The van der Waals surface area contributed by atoms with Crippen molar-refractivity contribution in [2.24, 2.45) is 5.73 Å². The maximum Gasteiger partial charge on any atom is 0.239 e. The molecule has 1 amide bonds. The molecule has 0 aliphatic carbocycles. The van der Waals surface area contributed by atoms with Gasteiger partial charge in [-0.1, -0.05) is 0 Å². The maximum absolute atomic E-state index is 10.9. The Morgan fingerprint density at radius 2 is 2.45 bits per heavy atom. The van der Waals surface area contributed by atoms with Gasteiger partial charge in [-0.15, -0.1) is 0 Å². The van der Waals surface area contributed by atoms with Gasteiger partial charge in [0.25, 0.3) is 0 Å². The summed E-state index contributed by atoms with van der Waals surface area (Å²) in [4.78, 5) is 10.9. The van der Waals surface area contributed by atoms with Crippen molar-refractivity contribution in [3.63, 3.8) is 0 Å². The second-order valence-electron chi connectivity index (χ2n) is 3.20. The number of hydrogen-bond acceptors (Lipinski definition) is 3. The van der Waals surface area contributed by atoms with E-state index in [1.54, 1.807) is 6.92 Å². The molecule has 3 N–H and O–H groups in total. The average Bonchev–Trinajstić information content (AvgIpc) is 1.95. The lowest BCUT2D eigenvalue weighted by molar-refractivity contribution is -0.130. The number of morpholine rings is 1. The van der Waals surface area contributed by atoms with E-state index in [4.69, 9.17) is 10.5 Å².